The second-order valence-electron chi connectivity index (χ2n) is 9.95. The predicted octanol–water partition coefficient (Wildman–Crippen LogP) is 1.17. The molecule has 3 aliphatic carbocycles. The van der Waals surface area contributed by atoms with Crippen molar-refractivity contribution in [1.29, 1.82) is 0 Å². The molecule has 2 aliphatic heterocycles. The molecule has 2 saturated carbocycles. The number of quaternary nitrogens is 1. The van der Waals surface area contributed by atoms with Gasteiger partial charge in [0.2, 0.25) is 5.75 Å². The van der Waals surface area contributed by atoms with E-state index >= 15 is 0 Å². The number of phenolic OH excluding ortho intramolecular Hbond substituents is 2. The third kappa shape index (κ3) is 1.74. The number of benzene rings is 1. The van der Waals surface area contributed by atoms with E-state index in [2.05, 4.69) is 7.05 Å². The highest BCUT2D eigenvalue weighted by Crippen LogP contribution is 2.67. The van der Waals surface area contributed by atoms with E-state index < -0.39 is 23.2 Å². The van der Waals surface area contributed by atoms with Crippen molar-refractivity contribution in [2.45, 2.75) is 67.8 Å². The Kier molecular flexibility index (Phi) is 2.88. The Bertz CT molecular complexity index is 853. The lowest BCUT2D eigenvalue weighted by Gasteiger charge is -2.65. The lowest BCUT2D eigenvalue weighted by Crippen LogP contribution is -2.81. The zero-order valence-corrected chi connectivity index (χ0v) is 15.7. The number of aliphatic hydroxyl groups excluding tert-OH is 1. The molecule has 6 nitrogen and oxygen atoms in total. The fraction of sp³-hybridized carbons (Fsp3) is 0.714. The van der Waals surface area contributed by atoms with Crippen LogP contribution in [-0.2, 0) is 11.8 Å². The van der Waals surface area contributed by atoms with Crippen LogP contribution in [0.25, 0.3) is 0 Å². The predicted molar refractivity (Wildman–Crippen MR) is 96.8 cm³/mol. The average molecular weight is 374 g/mol. The van der Waals surface area contributed by atoms with Gasteiger partial charge >= 0.3 is 0 Å². The molecule has 27 heavy (non-hydrogen) atoms. The summed E-state index contributed by atoms with van der Waals surface area (Å²) in [7, 11) is 2.27. The molecule has 0 radical (unpaired) electrons. The van der Waals surface area contributed by atoms with E-state index in [1.165, 1.54) is 12.8 Å². The fourth-order valence-electron chi connectivity index (χ4n) is 7.19. The first kappa shape index (κ1) is 16.5. The topological polar surface area (TPSA) is 90.2 Å². The zero-order valence-electron chi connectivity index (χ0n) is 15.7. The zero-order chi connectivity index (χ0) is 18.8. The van der Waals surface area contributed by atoms with Gasteiger partial charge in [0.1, 0.15) is 17.7 Å². The van der Waals surface area contributed by atoms with Gasteiger partial charge < -0.3 is 29.6 Å². The third-order valence-corrected chi connectivity index (χ3v) is 8.54. The Morgan fingerprint density at radius 3 is 2.74 bits per heavy atom. The maximum Gasteiger partial charge on any atom is 0.200 e. The van der Waals surface area contributed by atoms with Gasteiger partial charge in [0.15, 0.2) is 11.5 Å². The molecule has 1 unspecified atom stereocenters. The molecule has 0 amide bonds. The lowest BCUT2D eigenvalue weighted by molar-refractivity contribution is -0.950. The minimum absolute atomic E-state index is 0.0212. The molecule has 1 saturated heterocycles. The Labute approximate surface area is 158 Å². The number of hydrogen-bond acceptors (Lipinski definition) is 5. The highest BCUT2D eigenvalue weighted by Gasteiger charge is 2.76. The minimum atomic E-state index is -0.958. The molecule has 3 fully saturated rings. The molecule has 146 valence electrons. The minimum Gasteiger partial charge on any atom is -0.504 e. The van der Waals surface area contributed by atoms with Gasteiger partial charge in [0.25, 0.3) is 0 Å². The molecule has 2 heterocycles. The van der Waals surface area contributed by atoms with E-state index in [9.17, 15) is 20.4 Å². The first-order valence-electron chi connectivity index (χ1n) is 10.3. The standard InChI is InChI=1S/C21H27NO5/c1-22(10-11-2-3-11)7-6-20-16-12-8-14(24)17(25)18(16)27-19(20)13(23)4-5-21(20,26)15(22)9-12/h8,11,13,15,19,23,26H,2-7,9-10H2,1H3,(H-,24,25)/p+1/t13?,15-,19+,20+,21-,22-/m1/s1. The monoisotopic (exact) mass is 374 g/mol. The van der Waals surface area contributed by atoms with Gasteiger partial charge in [-0.05, 0) is 37.3 Å². The lowest BCUT2D eigenvalue weighted by atomic mass is 9.48. The highest BCUT2D eigenvalue weighted by molar-refractivity contribution is 5.66. The van der Waals surface area contributed by atoms with Crippen molar-refractivity contribution in [2.75, 3.05) is 20.1 Å². The van der Waals surface area contributed by atoms with Crippen LogP contribution in [0.15, 0.2) is 6.07 Å². The molecular weight excluding hydrogens is 346 g/mol. The van der Waals surface area contributed by atoms with E-state index in [0.717, 1.165) is 41.0 Å². The maximum atomic E-state index is 12.2. The van der Waals surface area contributed by atoms with E-state index in [0.29, 0.717) is 19.3 Å². The Balaban J connectivity index is 1.60. The van der Waals surface area contributed by atoms with Gasteiger partial charge in [-0.3, -0.25) is 0 Å². The van der Waals surface area contributed by atoms with Crippen molar-refractivity contribution >= 4 is 0 Å². The van der Waals surface area contributed by atoms with Gasteiger partial charge in [0, 0.05) is 24.3 Å². The normalized spacial score (nSPS) is 46.7. The number of likely N-dealkylation sites (tertiary alicyclic amines) is 1. The van der Waals surface area contributed by atoms with Crippen LogP contribution < -0.4 is 4.74 Å². The number of rotatable bonds is 2. The molecule has 2 bridgehead atoms. The Morgan fingerprint density at radius 1 is 1.22 bits per heavy atom. The van der Waals surface area contributed by atoms with Gasteiger partial charge in [-0.25, -0.2) is 0 Å². The number of likely N-dealkylation sites (N-methyl/N-ethyl adjacent to an activating group) is 1. The van der Waals surface area contributed by atoms with Crippen molar-refractivity contribution < 1.29 is 29.6 Å². The number of piperidine rings is 1. The number of aliphatic hydroxyl groups is 2. The number of ether oxygens (including phenoxy) is 1. The maximum absolute atomic E-state index is 12.2. The van der Waals surface area contributed by atoms with Crippen molar-refractivity contribution in [1.82, 2.24) is 0 Å². The number of phenols is 2. The molecule has 1 aromatic rings. The summed E-state index contributed by atoms with van der Waals surface area (Å²) in [5.41, 5.74) is 0.162. The summed E-state index contributed by atoms with van der Waals surface area (Å²) in [6, 6.07) is 1.68. The number of aromatic hydroxyl groups is 2. The summed E-state index contributed by atoms with van der Waals surface area (Å²) in [5.74, 6) is 0.605. The van der Waals surface area contributed by atoms with Crippen LogP contribution in [0.3, 0.4) is 0 Å². The van der Waals surface area contributed by atoms with Crippen LogP contribution in [0.4, 0.5) is 0 Å². The third-order valence-electron chi connectivity index (χ3n) is 8.54. The number of nitrogens with zero attached hydrogens (tertiary/aromatic N) is 1. The summed E-state index contributed by atoms with van der Waals surface area (Å²) in [5, 5.41) is 43.7. The average Bonchev–Trinajstić information content (AvgIpc) is 3.34. The van der Waals surface area contributed by atoms with Crippen LogP contribution in [0.1, 0.15) is 43.2 Å². The van der Waals surface area contributed by atoms with E-state index in [-0.39, 0.29) is 23.3 Å². The Hall–Kier alpha value is -1.50. The van der Waals surface area contributed by atoms with Crippen molar-refractivity contribution in [3.63, 3.8) is 0 Å². The quantitative estimate of drug-likeness (QED) is 0.461. The molecule has 0 aromatic heterocycles. The summed E-state index contributed by atoms with van der Waals surface area (Å²) < 4.78 is 6.95. The smallest absolute Gasteiger partial charge is 0.200 e. The molecule has 5 aliphatic rings. The van der Waals surface area contributed by atoms with E-state index in [1.54, 1.807) is 6.07 Å². The van der Waals surface area contributed by atoms with Crippen molar-refractivity contribution in [3.05, 3.63) is 17.2 Å². The summed E-state index contributed by atoms with van der Waals surface area (Å²) in [4.78, 5) is 0. The molecule has 1 spiro atoms. The number of hydrogen-bond donors (Lipinski definition) is 4. The molecule has 6 rings (SSSR count). The SMILES string of the molecule is C[N@+]1(CC2CC2)CC[C@]23c4c5cc(O)c(O)c4O[C@H]2C(O)CC[C@@]3(O)[C@H]1C5. The van der Waals surface area contributed by atoms with Gasteiger partial charge in [-0.2, -0.15) is 0 Å². The van der Waals surface area contributed by atoms with Crippen LogP contribution in [-0.4, -0.2) is 68.9 Å². The van der Waals surface area contributed by atoms with Crippen molar-refractivity contribution in [3.8, 4) is 17.2 Å². The van der Waals surface area contributed by atoms with E-state index in [1.807, 2.05) is 0 Å². The fourth-order valence-corrected chi connectivity index (χ4v) is 7.19. The highest BCUT2D eigenvalue weighted by atomic mass is 16.5. The van der Waals surface area contributed by atoms with Gasteiger partial charge in [-0.15, -0.1) is 0 Å². The summed E-state index contributed by atoms with van der Waals surface area (Å²) >= 11 is 0. The summed E-state index contributed by atoms with van der Waals surface area (Å²) in [6.07, 6.45) is 3.78. The van der Waals surface area contributed by atoms with E-state index in [4.69, 9.17) is 4.74 Å². The molecule has 6 atom stereocenters. The van der Waals surface area contributed by atoms with Crippen LogP contribution in [0, 0.1) is 5.92 Å². The molecular formula is C21H28NO5+. The molecule has 4 N–H and O–H groups in total. The second kappa shape index (κ2) is 4.73. The molecule has 1 aromatic carbocycles. The first-order chi connectivity index (χ1) is 12.8. The molecule has 6 heteroatoms. The van der Waals surface area contributed by atoms with Crippen LogP contribution >= 0.6 is 0 Å². The van der Waals surface area contributed by atoms with Gasteiger partial charge in [-0.1, -0.05) is 0 Å². The first-order valence-corrected chi connectivity index (χ1v) is 10.3. The largest absolute Gasteiger partial charge is 0.504 e. The van der Waals surface area contributed by atoms with Crippen LogP contribution in [0.2, 0.25) is 0 Å². The second-order valence-corrected chi connectivity index (χ2v) is 9.95. The Morgan fingerprint density at radius 2 is 2.00 bits per heavy atom. The summed E-state index contributed by atoms with van der Waals surface area (Å²) in [6.45, 7) is 2.03. The van der Waals surface area contributed by atoms with Crippen LogP contribution in [0.5, 0.6) is 17.2 Å². The van der Waals surface area contributed by atoms with Gasteiger partial charge in [0.05, 0.1) is 31.7 Å². The van der Waals surface area contributed by atoms with Crippen molar-refractivity contribution in [2.24, 2.45) is 5.92 Å².